The Kier molecular flexibility index (Phi) is 7.88. The smallest absolute Gasteiger partial charge is 0.350 e. The Morgan fingerprint density at radius 2 is 1.87 bits per heavy atom. The molecule has 1 saturated heterocycles. The topological polar surface area (TPSA) is 76.2 Å². The van der Waals surface area contributed by atoms with Crippen molar-refractivity contribution in [2.45, 2.75) is 46.0 Å². The zero-order valence-electron chi connectivity index (χ0n) is 18.1. The molecule has 0 unspecified atom stereocenters. The van der Waals surface area contributed by atoms with Gasteiger partial charge < -0.3 is 19.3 Å². The molecule has 166 valence electrons. The number of amides is 2. The molecule has 0 radical (unpaired) electrons. The predicted molar refractivity (Wildman–Crippen MR) is 116 cm³/mol. The summed E-state index contributed by atoms with van der Waals surface area (Å²) in [6, 6.07) is 1.87. The highest BCUT2D eigenvalue weighted by Crippen LogP contribution is 2.35. The Labute approximate surface area is 182 Å². The van der Waals surface area contributed by atoms with Crippen LogP contribution in [0.15, 0.2) is 6.07 Å². The van der Waals surface area contributed by atoms with Crippen molar-refractivity contribution in [3.63, 3.8) is 0 Å². The number of esters is 1. The van der Waals surface area contributed by atoms with Crippen molar-refractivity contribution < 1.29 is 23.9 Å². The van der Waals surface area contributed by atoms with Gasteiger partial charge in [-0.1, -0.05) is 13.8 Å². The molecule has 8 heteroatoms. The second-order valence-corrected chi connectivity index (χ2v) is 9.28. The first-order valence-corrected chi connectivity index (χ1v) is 11.6. The summed E-state index contributed by atoms with van der Waals surface area (Å²) in [5.41, 5.74) is 0.508. The van der Waals surface area contributed by atoms with E-state index in [9.17, 15) is 14.4 Å². The molecule has 1 aliphatic carbocycles. The van der Waals surface area contributed by atoms with Gasteiger partial charge in [0.2, 0.25) is 11.8 Å². The van der Waals surface area contributed by atoms with Crippen molar-refractivity contribution in [1.29, 1.82) is 0 Å². The minimum atomic E-state index is -0.469. The highest BCUT2D eigenvalue weighted by Gasteiger charge is 2.34. The lowest BCUT2D eigenvalue weighted by Gasteiger charge is -2.33. The number of morpholine rings is 1. The quantitative estimate of drug-likeness (QED) is 0.641. The number of hydrogen-bond donors (Lipinski definition) is 0. The molecule has 1 aliphatic heterocycles. The minimum absolute atomic E-state index is 0.0607. The molecule has 1 aromatic rings. The number of rotatable bonds is 6. The predicted octanol–water partition coefficient (Wildman–Crippen LogP) is 3.12. The van der Waals surface area contributed by atoms with Crippen molar-refractivity contribution in [3.8, 4) is 0 Å². The molecule has 1 aromatic heterocycles. The summed E-state index contributed by atoms with van der Waals surface area (Å²) < 4.78 is 10.3. The zero-order chi connectivity index (χ0) is 21.7. The van der Waals surface area contributed by atoms with E-state index in [0.717, 1.165) is 37.0 Å². The standard InChI is InChI=1S/C22H32N2O5S/c1-4-17-13-18(20(30-17)22(27)28-3)24(14-19(25)23-9-11-29-12-10-23)21(26)16-7-5-15(2)6-8-16/h13,15-16H,4-12,14H2,1-3H3/t15-,16-. The van der Waals surface area contributed by atoms with Crippen molar-refractivity contribution in [1.82, 2.24) is 4.90 Å². The van der Waals surface area contributed by atoms with E-state index < -0.39 is 5.97 Å². The van der Waals surface area contributed by atoms with Crippen molar-refractivity contribution in [2.75, 3.05) is 44.9 Å². The summed E-state index contributed by atoms with van der Waals surface area (Å²) in [4.78, 5) is 43.7. The van der Waals surface area contributed by atoms with E-state index in [2.05, 4.69) is 6.92 Å². The molecule has 1 saturated carbocycles. The third-order valence-corrected chi connectivity index (χ3v) is 7.31. The van der Waals surface area contributed by atoms with Crippen LogP contribution in [-0.4, -0.2) is 62.6 Å². The fourth-order valence-corrected chi connectivity index (χ4v) is 5.12. The number of carbonyl (C=O) groups is 3. The average molecular weight is 437 g/mol. The van der Waals surface area contributed by atoms with Crippen LogP contribution in [0.5, 0.6) is 0 Å². The zero-order valence-corrected chi connectivity index (χ0v) is 19.0. The number of anilines is 1. The third kappa shape index (κ3) is 5.21. The third-order valence-electron chi connectivity index (χ3n) is 6.06. The number of carbonyl (C=O) groups excluding carboxylic acids is 3. The minimum Gasteiger partial charge on any atom is -0.465 e. The van der Waals surface area contributed by atoms with Gasteiger partial charge in [0.05, 0.1) is 26.0 Å². The Bertz CT molecular complexity index is 764. The molecular weight excluding hydrogens is 404 g/mol. The maximum Gasteiger partial charge on any atom is 0.350 e. The number of methoxy groups -OCH3 is 1. The van der Waals surface area contributed by atoms with E-state index in [4.69, 9.17) is 9.47 Å². The maximum absolute atomic E-state index is 13.6. The molecule has 2 amide bonds. The van der Waals surface area contributed by atoms with Gasteiger partial charge in [-0.25, -0.2) is 4.79 Å². The maximum atomic E-state index is 13.6. The molecule has 3 rings (SSSR count). The summed E-state index contributed by atoms with van der Waals surface area (Å²) in [6.45, 7) is 6.21. The molecule has 0 spiro atoms. The molecular formula is C22H32N2O5S. The van der Waals surface area contributed by atoms with Crippen LogP contribution in [0, 0.1) is 11.8 Å². The monoisotopic (exact) mass is 436 g/mol. The lowest BCUT2D eigenvalue weighted by molar-refractivity contribution is -0.135. The SMILES string of the molecule is CCc1cc(N(CC(=O)N2CCOCC2)C(=O)[C@H]2CC[C@H](C)CC2)c(C(=O)OC)s1. The van der Waals surface area contributed by atoms with Crippen molar-refractivity contribution in [3.05, 3.63) is 15.8 Å². The van der Waals surface area contributed by atoms with Crippen molar-refractivity contribution in [2.24, 2.45) is 11.8 Å². The first-order chi connectivity index (χ1) is 14.4. The first kappa shape index (κ1) is 22.7. The number of ether oxygens (including phenoxy) is 2. The van der Waals surface area contributed by atoms with E-state index in [0.29, 0.717) is 42.8 Å². The molecule has 0 bridgehead atoms. The normalized spacial score (nSPS) is 21.9. The number of nitrogens with zero attached hydrogens (tertiary/aromatic N) is 2. The Hall–Kier alpha value is -1.93. The molecule has 2 heterocycles. The van der Waals surface area contributed by atoms with Crippen LogP contribution in [0.4, 0.5) is 5.69 Å². The Morgan fingerprint density at radius 1 is 1.20 bits per heavy atom. The Morgan fingerprint density at radius 3 is 2.47 bits per heavy atom. The van der Waals surface area contributed by atoms with Gasteiger partial charge in [-0.3, -0.25) is 9.59 Å². The largest absolute Gasteiger partial charge is 0.465 e. The highest BCUT2D eigenvalue weighted by atomic mass is 32.1. The molecule has 0 N–H and O–H groups in total. The lowest BCUT2D eigenvalue weighted by atomic mass is 9.82. The highest BCUT2D eigenvalue weighted by molar-refractivity contribution is 7.14. The van der Waals surface area contributed by atoms with Gasteiger partial charge in [0, 0.05) is 23.9 Å². The summed E-state index contributed by atoms with van der Waals surface area (Å²) >= 11 is 1.33. The van der Waals surface area contributed by atoms with Crippen LogP contribution in [0.3, 0.4) is 0 Å². The van der Waals surface area contributed by atoms with Crippen LogP contribution >= 0.6 is 11.3 Å². The fraction of sp³-hybridized carbons (Fsp3) is 0.682. The Balaban J connectivity index is 1.90. The van der Waals surface area contributed by atoms with E-state index in [1.54, 1.807) is 9.80 Å². The summed E-state index contributed by atoms with van der Waals surface area (Å²) in [5.74, 6) is -0.140. The molecule has 7 nitrogen and oxygen atoms in total. The van der Waals surface area contributed by atoms with E-state index in [1.807, 2.05) is 13.0 Å². The van der Waals surface area contributed by atoms with Crippen LogP contribution in [-0.2, 0) is 25.5 Å². The van der Waals surface area contributed by atoms with Crippen molar-refractivity contribution >= 4 is 34.8 Å². The average Bonchev–Trinajstić information content (AvgIpc) is 3.21. The van der Waals surface area contributed by atoms with Crippen LogP contribution in [0.25, 0.3) is 0 Å². The number of thiophene rings is 1. The lowest BCUT2D eigenvalue weighted by Crippen LogP contribution is -2.49. The van der Waals surface area contributed by atoms with Crippen LogP contribution in [0.1, 0.15) is 54.1 Å². The summed E-state index contributed by atoms with van der Waals surface area (Å²) in [6.07, 6.45) is 4.40. The van der Waals surface area contributed by atoms with Crippen LogP contribution < -0.4 is 4.90 Å². The summed E-state index contributed by atoms with van der Waals surface area (Å²) in [7, 11) is 1.34. The molecule has 30 heavy (non-hydrogen) atoms. The molecule has 2 fully saturated rings. The summed E-state index contributed by atoms with van der Waals surface area (Å²) in [5, 5.41) is 0. The van der Waals surface area contributed by atoms with E-state index in [1.165, 1.54) is 18.4 Å². The van der Waals surface area contributed by atoms with Crippen LogP contribution in [0.2, 0.25) is 0 Å². The van der Waals surface area contributed by atoms with Gasteiger partial charge in [-0.15, -0.1) is 11.3 Å². The molecule has 2 aliphatic rings. The molecule has 0 aromatic carbocycles. The second-order valence-electron chi connectivity index (χ2n) is 8.15. The van der Waals surface area contributed by atoms with E-state index >= 15 is 0 Å². The van der Waals surface area contributed by atoms with E-state index in [-0.39, 0.29) is 24.3 Å². The van der Waals surface area contributed by atoms with Gasteiger partial charge in [0.15, 0.2) is 0 Å². The van der Waals surface area contributed by atoms with Gasteiger partial charge in [0.25, 0.3) is 0 Å². The van der Waals surface area contributed by atoms with Gasteiger partial charge in [0.1, 0.15) is 11.4 Å². The number of aryl methyl sites for hydroxylation is 1. The first-order valence-electron chi connectivity index (χ1n) is 10.8. The van der Waals surface area contributed by atoms with Gasteiger partial charge in [-0.05, 0) is 44.1 Å². The molecule has 0 atom stereocenters. The van der Waals surface area contributed by atoms with Gasteiger partial charge in [-0.2, -0.15) is 0 Å². The number of hydrogen-bond acceptors (Lipinski definition) is 6. The fourth-order valence-electron chi connectivity index (χ4n) is 4.10. The second kappa shape index (κ2) is 10.4. The van der Waals surface area contributed by atoms with Gasteiger partial charge >= 0.3 is 5.97 Å².